The fraction of sp³-hybridized carbons (Fsp3) is 0.476. The topological polar surface area (TPSA) is 48.4 Å². The lowest BCUT2D eigenvalue weighted by molar-refractivity contribution is 0.0892. The molecule has 0 amide bonds. The average molecular weight is 337 g/mol. The van der Waals surface area contributed by atoms with Crippen molar-refractivity contribution in [2.24, 2.45) is 5.41 Å². The van der Waals surface area contributed by atoms with Gasteiger partial charge in [0.2, 0.25) is 0 Å². The predicted octanol–water partition coefficient (Wildman–Crippen LogP) is 3.15. The second-order valence-corrected chi connectivity index (χ2v) is 7.51. The van der Waals surface area contributed by atoms with Crippen LogP contribution in [0.5, 0.6) is 0 Å². The van der Waals surface area contributed by atoms with Crippen LogP contribution < -0.4 is 10.2 Å². The van der Waals surface area contributed by atoms with E-state index in [0.717, 1.165) is 56.7 Å². The maximum absolute atomic E-state index is 10.8. The second kappa shape index (κ2) is 7.14. The summed E-state index contributed by atoms with van der Waals surface area (Å²) in [6.45, 7) is 3.00. The van der Waals surface area contributed by atoms with E-state index in [1.54, 1.807) is 0 Å². The highest BCUT2D eigenvalue weighted by molar-refractivity contribution is 5.38. The molecule has 1 saturated carbocycles. The third-order valence-corrected chi connectivity index (χ3v) is 5.80. The number of rotatable bonds is 6. The minimum absolute atomic E-state index is 0.0411. The van der Waals surface area contributed by atoms with E-state index in [1.807, 2.05) is 42.6 Å². The maximum Gasteiger partial charge on any atom is 0.128 e. The lowest BCUT2D eigenvalue weighted by Crippen LogP contribution is -2.45. The first-order chi connectivity index (χ1) is 12.3. The van der Waals surface area contributed by atoms with E-state index in [2.05, 4.69) is 27.3 Å². The smallest absolute Gasteiger partial charge is 0.128 e. The molecule has 2 heterocycles. The van der Waals surface area contributed by atoms with Crippen LogP contribution in [0.3, 0.4) is 0 Å². The van der Waals surface area contributed by atoms with Crippen molar-refractivity contribution in [3.63, 3.8) is 0 Å². The van der Waals surface area contributed by atoms with Crippen LogP contribution >= 0.6 is 0 Å². The molecule has 1 atom stereocenters. The van der Waals surface area contributed by atoms with Gasteiger partial charge in [-0.2, -0.15) is 0 Å². The Morgan fingerprint density at radius 3 is 2.44 bits per heavy atom. The van der Waals surface area contributed by atoms with Gasteiger partial charge in [0.1, 0.15) is 5.82 Å². The van der Waals surface area contributed by atoms with E-state index < -0.39 is 0 Å². The number of hydrogen-bond acceptors (Lipinski definition) is 4. The summed E-state index contributed by atoms with van der Waals surface area (Å²) in [6.07, 6.45) is 6.00. The van der Waals surface area contributed by atoms with E-state index in [1.165, 1.54) is 0 Å². The van der Waals surface area contributed by atoms with Crippen molar-refractivity contribution in [3.05, 3.63) is 60.3 Å². The van der Waals surface area contributed by atoms with Crippen LogP contribution in [0.25, 0.3) is 0 Å². The maximum atomic E-state index is 10.8. The summed E-state index contributed by atoms with van der Waals surface area (Å²) in [5.74, 6) is 1.08. The SMILES string of the molecule is O[C@H](c1ccccc1)C1(CNC2CCN(c3ccccn3)CC2)CC1. The number of aromatic nitrogens is 1. The van der Waals surface area contributed by atoms with Gasteiger partial charge < -0.3 is 15.3 Å². The van der Waals surface area contributed by atoms with Crippen molar-refractivity contribution in [1.82, 2.24) is 10.3 Å². The first kappa shape index (κ1) is 16.6. The summed E-state index contributed by atoms with van der Waals surface area (Å²) in [5, 5.41) is 14.5. The van der Waals surface area contributed by atoms with E-state index >= 15 is 0 Å². The molecule has 25 heavy (non-hydrogen) atoms. The zero-order chi connectivity index (χ0) is 17.1. The van der Waals surface area contributed by atoms with Crippen LogP contribution in [-0.4, -0.2) is 35.8 Å². The minimum atomic E-state index is -0.352. The molecule has 2 N–H and O–H groups in total. The lowest BCUT2D eigenvalue weighted by Gasteiger charge is -2.34. The van der Waals surface area contributed by atoms with Gasteiger partial charge >= 0.3 is 0 Å². The largest absolute Gasteiger partial charge is 0.388 e. The van der Waals surface area contributed by atoms with Crippen LogP contribution in [0, 0.1) is 5.41 Å². The fourth-order valence-electron chi connectivity index (χ4n) is 3.90. The Kier molecular flexibility index (Phi) is 4.73. The van der Waals surface area contributed by atoms with Crippen LogP contribution in [0.15, 0.2) is 54.7 Å². The number of nitrogens with zero attached hydrogens (tertiary/aromatic N) is 2. The van der Waals surface area contributed by atoms with Crippen LogP contribution in [0.1, 0.15) is 37.4 Å². The number of aliphatic hydroxyl groups excluding tert-OH is 1. The van der Waals surface area contributed by atoms with Gasteiger partial charge in [-0.3, -0.25) is 0 Å². The first-order valence-electron chi connectivity index (χ1n) is 9.39. The Labute approximate surface area is 149 Å². The number of benzene rings is 1. The number of hydrogen-bond donors (Lipinski definition) is 2. The molecule has 1 aromatic heterocycles. The van der Waals surface area contributed by atoms with E-state index in [9.17, 15) is 5.11 Å². The summed E-state index contributed by atoms with van der Waals surface area (Å²) in [4.78, 5) is 6.82. The van der Waals surface area contributed by atoms with Crippen molar-refractivity contribution in [2.75, 3.05) is 24.5 Å². The summed E-state index contributed by atoms with van der Waals surface area (Å²) in [7, 11) is 0. The fourth-order valence-corrected chi connectivity index (χ4v) is 3.90. The van der Waals surface area contributed by atoms with Gasteiger partial charge in [-0.15, -0.1) is 0 Å². The molecule has 4 rings (SSSR count). The molecule has 1 aromatic carbocycles. The van der Waals surface area contributed by atoms with Gasteiger partial charge in [-0.05, 0) is 43.4 Å². The molecular formula is C21H27N3O. The van der Waals surface area contributed by atoms with Gasteiger partial charge in [0.05, 0.1) is 6.10 Å². The van der Waals surface area contributed by atoms with Gasteiger partial charge in [-0.1, -0.05) is 36.4 Å². The molecule has 1 aliphatic heterocycles. The third-order valence-electron chi connectivity index (χ3n) is 5.80. The normalized spacial score (nSPS) is 21.1. The monoisotopic (exact) mass is 337 g/mol. The summed E-state index contributed by atoms with van der Waals surface area (Å²) in [5.41, 5.74) is 1.09. The highest BCUT2D eigenvalue weighted by atomic mass is 16.3. The third kappa shape index (κ3) is 3.70. The molecule has 4 nitrogen and oxygen atoms in total. The van der Waals surface area contributed by atoms with Crippen LogP contribution in [-0.2, 0) is 0 Å². The molecule has 2 aromatic rings. The van der Waals surface area contributed by atoms with Gasteiger partial charge in [0.15, 0.2) is 0 Å². The Morgan fingerprint density at radius 1 is 1.08 bits per heavy atom. The summed E-state index contributed by atoms with van der Waals surface area (Å²) in [6, 6.07) is 16.7. The number of piperidine rings is 1. The highest BCUT2D eigenvalue weighted by Crippen LogP contribution is 2.54. The molecule has 2 fully saturated rings. The van der Waals surface area contributed by atoms with Crippen molar-refractivity contribution >= 4 is 5.82 Å². The zero-order valence-corrected chi connectivity index (χ0v) is 14.6. The Bertz CT molecular complexity index is 664. The van der Waals surface area contributed by atoms with Crippen molar-refractivity contribution in [3.8, 4) is 0 Å². The van der Waals surface area contributed by atoms with Crippen LogP contribution in [0.2, 0.25) is 0 Å². The molecule has 4 heteroatoms. The van der Waals surface area contributed by atoms with Crippen LogP contribution in [0.4, 0.5) is 5.82 Å². The number of nitrogens with one attached hydrogen (secondary N) is 1. The number of pyridine rings is 1. The molecule has 0 radical (unpaired) electrons. The number of anilines is 1. The molecular weight excluding hydrogens is 310 g/mol. The quantitative estimate of drug-likeness (QED) is 0.850. The average Bonchev–Trinajstić information content (AvgIpc) is 3.49. The molecule has 0 bridgehead atoms. The lowest BCUT2D eigenvalue weighted by atomic mass is 9.92. The Morgan fingerprint density at radius 2 is 1.80 bits per heavy atom. The van der Waals surface area contributed by atoms with E-state index in [0.29, 0.717) is 6.04 Å². The van der Waals surface area contributed by atoms with E-state index in [4.69, 9.17) is 0 Å². The molecule has 0 spiro atoms. The summed E-state index contributed by atoms with van der Waals surface area (Å²) < 4.78 is 0. The highest BCUT2D eigenvalue weighted by Gasteiger charge is 2.49. The molecule has 0 unspecified atom stereocenters. The summed E-state index contributed by atoms with van der Waals surface area (Å²) >= 11 is 0. The minimum Gasteiger partial charge on any atom is -0.388 e. The number of aliphatic hydroxyl groups is 1. The van der Waals surface area contributed by atoms with Gasteiger partial charge in [0, 0.05) is 37.3 Å². The first-order valence-corrected chi connectivity index (χ1v) is 9.39. The Hall–Kier alpha value is -1.91. The van der Waals surface area contributed by atoms with Gasteiger partial charge in [0.25, 0.3) is 0 Å². The Balaban J connectivity index is 1.28. The molecule has 1 aliphatic carbocycles. The second-order valence-electron chi connectivity index (χ2n) is 7.51. The van der Waals surface area contributed by atoms with Crippen molar-refractivity contribution < 1.29 is 5.11 Å². The molecule has 2 aliphatic rings. The van der Waals surface area contributed by atoms with Crippen molar-refractivity contribution in [1.29, 1.82) is 0 Å². The zero-order valence-electron chi connectivity index (χ0n) is 14.6. The van der Waals surface area contributed by atoms with Crippen molar-refractivity contribution in [2.45, 2.75) is 37.8 Å². The van der Waals surface area contributed by atoms with E-state index in [-0.39, 0.29) is 11.5 Å². The molecule has 132 valence electrons. The van der Waals surface area contributed by atoms with Gasteiger partial charge in [-0.25, -0.2) is 4.98 Å². The predicted molar refractivity (Wildman–Crippen MR) is 101 cm³/mol. The standard InChI is InChI=1S/C21H27N3O/c25-20(17-6-2-1-3-7-17)21(11-12-21)16-23-18-9-14-24(15-10-18)19-8-4-5-13-22-19/h1-8,13,18,20,23,25H,9-12,14-16H2/t20-/m1/s1. The molecule has 1 saturated heterocycles.